The first kappa shape index (κ1) is 14.6. The van der Waals surface area contributed by atoms with E-state index in [1.165, 1.54) is 0 Å². The number of carbonyl (C=O) groups is 1. The van der Waals surface area contributed by atoms with Gasteiger partial charge in [-0.2, -0.15) is 0 Å². The molecular formula is C14H22N4O2. The number of nitrogens with two attached hydrogens (primary N) is 1. The molecule has 0 bridgehead atoms. The zero-order valence-corrected chi connectivity index (χ0v) is 12.6. The Kier molecular flexibility index (Phi) is 3.83. The summed E-state index contributed by atoms with van der Waals surface area (Å²) in [5, 5.41) is 0. The lowest BCUT2D eigenvalue weighted by Gasteiger charge is -2.31. The molecule has 0 aliphatic carbocycles. The zero-order valence-electron chi connectivity index (χ0n) is 12.6. The molecule has 2 N–H and O–H groups in total. The van der Waals surface area contributed by atoms with Gasteiger partial charge in [0.05, 0.1) is 12.2 Å². The minimum Gasteiger partial charge on any atom is -0.444 e. The Balaban J connectivity index is 2.18. The number of aromatic nitrogens is 2. The number of aryl methyl sites for hydroxylation is 1. The van der Waals surface area contributed by atoms with E-state index >= 15 is 0 Å². The van der Waals surface area contributed by atoms with Gasteiger partial charge in [-0.15, -0.1) is 0 Å². The molecule has 1 aliphatic heterocycles. The summed E-state index contributed by atoms with van der Waals surface area (Å²) in [6.45, 7) is 8.58. The third-order valence-corrected chi connectivity index (χ3v) is 3.11. The fraction of sp³-hybridized carbons (Fsp3) is 0.643. The van der Waals surface area contributed by atoms with Gasteiger partial charge in [-0.25, -0.2) is 14.8 Å². The molecule has 0 unspecified atom stereocenters. The summed E-state index contributed by atoms with van der Waals surface area (Å²) in [7, 11) is 0. The van der Waals surface area contributed by atoms with E-state index in [4.69, 9.17) is 10.5 Å². The van der Waals surface area contributed by atoms with Gasteiger partial charge < -0.3 is 15.4 Å². The standard InChI is InChI=1S/C14H22N4O2/c1-5-11-16-10-8-18(13(19)20-14(2,3)4)7-6-9(10)12(15)17-11/h5-8H2,1-4H3,(H2,15,16,17). The first-order valence-electron chi connectivity index (χ1n) is 6.92. The third kappa shape index (κ3) is 3.18. The van der Waals surface area contributed by atoms with Crippen LogP contribution in [0.2, 0.25) is 0 Å². The highest BCUT2D eigenvalue weighted by molar-refractivity contribution is 5.68. The molecule has 0 fully saturated rings. The predicted octanol–water partition coefficient (Wildman–Crippen LogP) is 1.91. The monoisotopic (exact) mass is 278 g/mol. The van der Waals surface area contributed by atoms with Gasteiger partial charge in [-0.3, -0.25) is 0 Å². The van der Waals surface area contributed by atoms with Crippen molar-refractivity contribution in [2.75, 3.05) is 12.3 Å². The van der Waals surface area contributed by atoms with Crippen LogP contribution >= 0.6 is 0 Å². The van der Waals surface area contributed by atoms with Gasteiger partial charge in [-0.1, -0.05) is 6.92 Å². The van der Waals surface area contributed by atoms with Crippen LogP contribution in [0.4, 0.5) is 10.6 Å². The molecular weight excluding hydrogens is 256 g/mol. The Morgan fingerprint density at radius 1 is 1.40 bits per heavy atom. The second kappa shape index (κ2) is 5.26. The number of rotatable bonds is 1. The van der Waals surface area contributed by atoms with Crippen molar-refractivity contribution < 1.29 is 9.53 Å². The minimum atomic E-state index is -0.489. The van der Waals surface area contributed by atoms with Crippen molar-refractivity contribution in [1.82, 2.24) is 14.9 Å². The number of amides is 1. The SMILES string of the molecule is CCc1nc(N)c2c(n1)CN(C(=O)OC(C)(C)C)CC2. The molecule has 1 aromatic heterocycles. The van der Waals surface area contributed by atoms with Gasteiger partial charge in [-0.05, 0) is 27.2 Å². The Labute approximate surface area is 119 Å². The molecule has 0 atom stereocenters. The summed E-state index contributed by atoms with van der Waals surface area (Å²) in [6.07, 6.45) is 1.09. The summed E-state index contributed by atoms with van der Waals surface area (Å²) >= 11 is 0. The summed E-state index contributed by atoms with van der Waals surface area (Å²) < 4.78 is 5.39. The average Bonchev–Trinajstić information content (AvgIpc) is 2.35. The van der Waals surface area contributed by atoms with Crippen LogP contribution in [0, 0.1) is 0 Å². The normalized spacial score (nSPS) is 14.9. The topological polar surface area (TPSA) is 81.3 Å². The Morgan fingerprint density at radius 3 is 2.70 bits per heavy atom. The van der Waals surface area contributed by atoms with Gasteiger partial charge >= 0.3 is 6.09 Å². The van der Waals surface area contributed by atoms with E-state index in [9.17, 15) is 4.79 Å². The van der Waals surface area contributed by atoms with Crippen molar-refractivity contribution in [1.29, 1.82) is 0 Å². The lowest BCUT2D eigenvalue weighted by Crippen LogP contribution is -2.40. The van der Waals surface area contributed by atoms with Crippen molar-refractivity contribution in [2.45, 2.75) is 52.7 Å². The summed E-state index contributed by atoms with van der Waals surface area (Å²) in [5.41, 5.74) is 7.27. The largest absolute Gasteiger partial charge is 0.444 e. The van der Waals surface area contributed by atoms with Crippen molar-refractivity contribution >= 4 is 11.9 Å². The van der Waals surface area contributed by atoms with Gasteiger partial charge in [0.1, 0.15) is 17.2 Å². The predicted molar refractivity (Wildman–Crippen MR) is 76.2 cm³/mol. The number of hydrogen-bond donors (Lipinski definition) is 1. The Hall–Kier alpha value is -1.85. The lowest BCUT2D eigenvalue weighted by molar-refractivity contribution is 0.0220. The molecule has 2 rings (SSSR count). The maximum atomic E-state index is 12.1. The van der Waals surface area contributed by atoms with Crippen LogP contribution in [0.5, 0.6) is 0 Å². The molecule has 0 aromatic carbocycles. The maximum absolute atomic E-state index is 12.1. The second-order valence-corrected chi connectivity index (χ2v) is 5.96. The van der Waals surface area contributed by atoms with Gasteiger partial charge in [0.15, 0.2) is 0 Å². The molecule has 20 heavy (non-hydrogen) atoms. The summed E-state index contributed by atoms with van der Waals surface area (Å²) in [5.74, 6) is 1.25. The third-order valence-electron chi connectivity index (χ3n) is 3.11. The van der Waals surface area contributed by atoms with E-state index < -0.39 is 5.60 Å². The Morgan fingerprint density at radius 2 is 2.10 bits per heavy atom. The number of fused-ring (bicyclic) bond motifs is 1. The Bertz CT molecular complexity index is 523. The highest BCUT2D eigenvalue weighted by Gasteiger charge is 2.27. The van der Waals surface area contributed by atoms with E-state index in [0.29, 0.717) is 31.2 Å². The zero-order chi connectivity index (χ0) is 14.9. The van der Waals surface area contributed by atoms with Crippen molar-refractivity contribution in [2.24, 2.45) is 0 Å². The average molecular weight is 278 g/mol. The second-order valence-electron chi connectivity index (χ2n) is 5.96. The maximum Gasteiger partial charge on any atom is 0.410 e. The molecule has 110 valence electrons. The highest BCUT2D eigenvalue weighted by atomic mass is 16.6. The minimum absolute atomic E-state index is 0.307. The lowest BCUT2D eigenvalue weighted by atomic mass is 10.1. The van der Waals surface area contributed by atoms with E-state index in [0.717, 1.165) is 17.7 Å². The van der Waals surface area contributed by atoms with Crippen LogP contribution in [0.15, 0.2) is 0 Å². The molecule has 0 saturated heterocycles. The van der Waals surface area contributed by atoms with Crippen LogP contribution < -0.4 is 5.73 Å². The molecule has 0 radical (unpaired) electrons. The first-order chi connectivity index (χ1) is 9.30. The smallest absolute Gasteiger partial charge is 0.410 e. The first-order valence-corrected chi connectivity index (χ1v) is 6.92. The van der Waals surface area contributed by atoms with Crippen LogP contribution in [0.1, 0.15) is 44.8 Å². The van der Waals surface area contributed by atoms with E-state index in [1.807, 2.05) is 27.7 Å². The molecule has 6 heteroatoms. The highest BCUT2D eigenvalue weighted by Crippen LogP contribution is 2.23. The number of ether oxygens (including phenoxy) is 1. The molecule has 0 saturated carbocycles. The van der Waals surface area contributed by atoms with Gasteiger partial charge in [0, 0.05) is 18.5 Å². The molecule has 2 heterocycles. The number of hydrogen-bond acceptors (Lipinski definition) is 5. The van der Waals surface area contributed by atoms with E-state index in [-0.39, 0.29) is 6.09 Å². The van der Waals surface area contributed by atoms with Crippen molar-refractivity contribution in [3.63, 3.8) is 0 Å². The molecule has 1 aliphatic rings. The summed E-state index contributed by atoms with van der Waals surface area (Å²) in [6, 6.07) is 0. The number of carbonyl (C=O) groups excluding carboxylic acids is 1. The van der Waals surface area contributed by atoms with Gasteiger partial charge in [0.2, 0.25) is 0 Å². The molecule has 0 spiro atoms. The fourth-order valence-corrected chi connectivity index (χ4v) is 2.15. The molecule has 1 aromatic rings. The van der Waals surface area contributed by atoms with Crippen molar-refractivity contribution in [3.8, 4) is 0 Å². The quantitative estimate of drug-likeness (QED) is 0.848. The number of nitrogens with zero attached hydrogens (tertiary/aromatic N) is 3. The summed E-state index contributed by atoms with van der Waals surface area (Å²) in [4.78, 5) is 22.5. The molecule has 1 amide bonds. The van der Waals surface area contributed by atoms with Crippen LogP contribution in [-0.2, 0) is 24.1 Å². The molecule has 6 nitrogen and oxygen atoms in total. The van der Waals surface area contributed by atoms with Crippen LogP contribution in [0.3, 0.4) is 0 Å². The fourth-order valence-electron chi connectivity index (χ4n) is 2.15. The number of anilines is 1. The van der Waals surface area contributed by atoms with E-state index in [1.54, 1.807) is 4.90 Å². The van der Waals surface area contributed by atoms with Gasteiger partial charge in [0.25, 0.3) is 0 Å². The van der Waals surface area contributed by atoms with Crippen molar-refractivity contribution in [3.05, 3.63) is 17.1 Å². The van der Waals surface area contributed by atoms with Crippen LogP contribution in [0.25, 0.3) is 0 Å². The number of nitrogen functional groups attached to an aromatic ring is 1. The van der Waals surface area contributed by atoms with Crippen LogP contribution in [-0.4, -0.2) is 33.1 Å². The van der Waals surface area contributed by atoms with E-state index in [2.05, 4.69) is 9.97 Å².